The molecule has 1 spiro atoms. The van der Waals surface area contributed by atoms with E-state index in [1.54, 1.807) is 24.3 Å². The van der Waals surface area contributed by atoms with Crippen molar-refractivity contribution in [3.05, 3.63) is 76.9 Å². The Kier molecular flexibility index (Phi) is 13.1. The molecule has 2 fully saturated rings. The van der Waals surface area contributed by atoms with Crippen molar-refractivity contribution in [2.24, 2.45) is 0 Å². The van der Waals surface area contributed by atoms with Gasteiger partial charge in [-0.1, -0.05) is 12.8 Å². The Balaban J connectivity index is 0.746. The van der Waals surface area contributed by atoms with Crippen LogP contribution in [0, 0.1) is 0 Å². The fraction of sp³-hybridized carbons (Fsp3) is 0.452. The second kappa shape index (κ2) is 18.6. The fourth-order valence-corrected chi connectivity index (χ4v) is 9.84. The molecule has 14 nitrogen and oxygen atoms in total. The summed E-state index contributed by atoms with van der Waals surface area (Å²) in [7, 11) is 0. The van der Waals surface area contributed by atoms with E-state index in [0.29, 0.717) is 82.3 Å². The zero-order chi connectivity index (χ0) is 40.6. The number of anilines is 1. The summed E-state index contributed by atoms with van der Waals surface area (Å²) in [5.74, 6) is 1.13. The van der Waals surface area contributed by atoms with Crippen LogP contribution in [-0.4, -0.2) is 81.9 Å². The fourth-order valence-electron chi connectivity index (χ4n) is 8.07. The van der Waals surface area contributed by atoms with Crippen molar-refractivity contribution in [2.45, 2.75) is 93.6 Å². The lowest BCUT2D eigenvalue weighted by atomic mass is 9.77. The molecular weight excluding hydrogens is 781 g/mol. The minimum atomic E-state index is -1.37. The van der Waals surface area contributed by atoms with E-state index in [9.17, 15) is 29.4 Å². The Labute approximate surface area is 347 Å². The van der Waals surface area contributed by atoms with Crippen molar-refractivity contribution in [1.82, 2.24) is 26.6 Å². The number of nitrogens with one attached hydrogen (secondary N) is 6. The summed E-state index contributed by atoms with van der Waals surface area (Å²) in [4.78, 5) is 49.3. The topological polar surface area (TPSA) is 199 Å². The first-order valence-corrected chi connectivity index (χ1v) is 21.6. The van der Waals surface area contributed by atoms with Gasteiger partial charge in [0.2, 0.25) is 11.8 Å². The minimum absolute atomic E-state index is 0.0163. The van der Waals surface area contributed by atoms with Gasteiger partial charge in [0.25, 0.3) is 0 Å². The third-order valence-corrected chi connectivity index (χ3v) is 12.7. The predicted molar refractivity (Wildman–Crippen MR) is 225 cm³/mol. The molecule has 0 bridgehead atoms. The summed E-state index contributed by atoms with van der Waals surface area (Å²) in [6.45, 7) is 1.87. The van der Waals surface area contributed by atoms with Crippen LogP contribution in [-0.2, 0) is 19.9 Å². The van der Waals surface area contributed by atoms with E-state index in [2.05, 4.69) is 31.9 Å². The number of phenolic OH excluding ortho intramolecular Hbond substituents is 2. The Morgan fingerprint density at radius 3 is 2.05 bits per heavy atom. The Morgan fingerprint density at radius 1 is 0.759 bits per heavy atom. The number of phenols is 2. The summed E-state index contributed by atoms with van der Waals surface area (Å²) >= 11 is 7.47. The molecule has 4 amide bonds. The maximum atomic E-state index is 13.2. The summed E-state index contributed by atoms with van der Waals surface area (Å²) in [5.41, 5.74) is 1.32. The van der Waals surface area contributed by atoms with E-state index in [1.165, 1.54) is 24.3 Å². The Bertz CT molecular complexity index is 2000. The number of rotatable bonds is 18. The maximum Gasteiger partial charge on any atom is 0.340 e. The van der Waals surface area contributed by atoms with Gasteiger partial charge in [-0.2, -0.15) is 11.8 Å². The normalized spacial score (nSPS) is 19.1. The minimum Gasteiger partial charge on any atom is -0.508 e. The number of esters is 1. The summed E-state index contributed by atoms with van der Waals surface area (Å²) < 4.78 is 12.2. The van der Waals surface area contributed by atoms with E-state index >= 15 is 0 Å². The first-order chi connectivity index (χ1) is 28.1. The van der Waals surface area contributed by atoms with Crippen LogP contribution in [0.2, 0.25) is 0 Å². The lowest BCUT2D eigenvalue weighted by Crippen LogP contribution is -2.36. The molecule has 8 N–H and O–H groups in total. The molecule has 0 aromatic heterocycles. The van der Waals surface area contributed by atoms with Crippen LogP contribution in [0.5, 0.6) is 23.0 Å². The van der Waals surface area contributed by atoms with Crippen molar-refractivity contribution in [2.75, 3.05) is 30.7 Å². The highest BCUT2D eigenvalue weighted by Gasteiger charge is 2.54. The predicted octanol–water partition coefficient (Wildman–Crippen LogP) is 5.64. The zero-order valence-electron chi connectivity index (χ0n) is 32.2. The molecule has 16 heteroatoms. The first-order valence-electron chi connectivity index (χ1n) is 20.1. The number of aromatic hydroxyl groups is 2. The highest BCUT2D eigenvalue weighted by molar-refractivity contribution is 8.00. The van der Waals surface area contributed by atoms with Gasteiger partial charge >= 0.3 is 12.0 Å². The van der Waals surface area contributed by atoms with E-state index in [4.69, 9.17) is 21.7 Å². The van der Waals surface area contributed by atoms with Crippen molar-refractivity contribution in [3.63, 3.8) is 0 Å². The van der Waals surface area contributed by atoms with Crippen LogP contribution in [0.25, 0.3) is 0 Å². The highest BCUT2D eigenvalue weighted by atomic mass is 32.2. The molecule has 2 saturated heterocycles. The second-order valence-electron chi connectivity index (χ2n) is 15.1. The molecule has 58 heavy (non-hydrogen) atoms. The molecule has 0 unspecified atom stereocenters. The third-order valence-electron chi connectivity index (χ3n) is 11.0. The largest absolute Gasteiger partial charge is 0.508 e. The average molecular weight is 831 g/mol. The van der Waals surface area contributed by atoms with Gasteiger partial charge in [-0.05, 0) is 99.6 Å². The van der Waals surface area contributed by atoms with Crippen LogP contribution in [0.1, 0.15) is 97.7 Å². The maximum absolute atomic E-state index is 13.2. The Morgan fingerprint density at radius 2 is 1.38 bits per heavy atom. The number of thioether (sulfide) groups is 1. The first kappa shape index (κ1) is 41.0. The lowest BCUT2D eigenvalue weighted by molar-refractivity contribution is -0.122. The second-order valence-corrected chi connectivity index (χ2v) is 16.8. The molecular formula is C42H50N6O8S2. The number of carbonyl (C=O) groups is 4. The van der Waals surface area contributed by atoms with E-state index in [0.717, 1.165) is 63.5 Å². The number of hydrogen-bond donors (Lipinski definition) is 8. The van der Waals surface area contributed by atoms with Gasteiger partial charge < -0.3 is 51.6 Å². The van der Waals surface area contributed by atoms with Gasteiger partial charge in [0.15, 0.2) is 10.7 Å². The number of hydrogen-bond acceptors (Lipinski definition) is 10. The average Bonchev–Trinajstić information content (AvgIpc) is 3.84. The van der Waals surface area contributed by atoms with E-state index < -0.39 is 11.6 Å². The number of thiocarbonyl (C=S) groups is 1. The quantitative estimate of drug-likeness (QED) is 0.0340. The van der Waals surface area contributed by atoms with Gasteiger partial charge in [0.05, 0.1) is 17.6 Å². The van der Waals surface area contributed by atoms with Crippen molar-refractivity contribution in [3.8, 4) is 23.0 Å². The van der Waals surface area contributed by atoms with E-state index in [-0.39, 0.29) is 41.4 Å². The summed E-state index contributed by atoms with van der Waals surface area (Å²) in [5, 5.41) is 39.6. The highest BCUT2D eigenvalue weighted by Crippen LogP contribution is 2.57. The van der Waals surface area contributed by atoms with Gasteiger partial charge in [-0.25, -0.2) is 9.59 Å². The van der Waals surface area contributed by atoms with Gasteiger partial charge in [0.1, 0.15) is 23.0 Å². The number of ether oxygens (including phenoxy) is 2. The number of urea groups is 1. The molecule has 4 aliphatic heterocycles. The molecule has 3 aromatic rings. The molecule has 7 rings (SSSR count). The monoisotopic (exact) mass is 830 g/mol. The molecule has 4 aliphatic rings. The Hall–Kier alpha value is -5.22. The number of carbonyl (C=O) groups excluding carboxylic acids is 4. The smallest absolute Gasteiger partial charge is 0.340 e. The molecule has 4 heterocycles. The molecule has 308 valence electrons. The molecule has 3 aromatic carbocycles. The van der Waals surface area contributed by atoms with Crippen LogP contribution < -0.4 is 36.6 Å². The molecule has 0 aliphatic carbocycles. The van der Waals surface area contributed by atoms with Crippen LogP contribution in [0.3, 0.4) is 0 Å². The zero-order valence-corrected chi connectivity index (χ0v) is 33.8. The number of amides is 4. The lowest BCUT2D eigenvalue weighted by Gasteiger charge is -2.36. The standard InChI is InChI=1S/C42H50N6O8S2/c49-26-13-16-29-33(22-26)55-34-23-27(50)14-17-30(34)42(29)31-21-25(12-15-28(31)39(53)56-42)46-41(57)45-20-8-2-7-19-44-36(51)10-3-1-6-18-43-37(52)11-5-4-9-35-38-32(24-58-35)47-40(54)48-38/h12-17,21-23,32,35,38,49-50H,1-11,18-20,24H2,(H,43,52)(H,44,51)(H2,45,46,57)(H2,47,48,54)/t32-,35-,38-/m0/s1. The van der Waals surface area contributed by atoms with Crippen LogP contribution in [0.4, 0.5) is 10.5 Å². The van der Waals surface area contributed by atoms with Gasteiger partial charge in [0, 0.05) is 78.0 Å². The molecule has 0 radical (unpaired) electrons. The number of unbranched alkanes of at least 4 members (excludes halogenated alkanes) is 5. The summed E-state index contributed by atoms with van der Waals surface area (Å²) in [6.07, 6.45) is 8.89. The van der Waals surface area contributed by atoms with Gasteiger partial charge in [-0.3, -0.25) is 9.59 Å². The summed E-state index contributed by atoms with van der Waals surface area (Å²) in [6, 6.07) is 14.9. The van der Waals surface area contributed by atoms with Gasteiger partial charge in [-0.15, -0.1) is 0 Å². The molecule has 3 atom stereocenters. The SMILES string of the molecule is O=C(CCCCCNC(=O)CCCC[C@@H]1SC[C@@H]2NC(=O)N[C@@H]21)NCCCCCNC(=S)Nc1ccc2c(c1)C1(OC2=O)c2ccc(O)cc2Oc2cc(O)ccc21. The van der Waals surface area contributed by atoms with Crippen molar-refractivity contribution in [1.29, 1.82) is 0 Å². The van der Waals surface area contributed by atoms with E-state index in [1.807, 2.05) is 17.8 Å². The third kappa shape index (κ3) is 9.39. The van der Waals surface area contributed by atoms with Crippen molar-refractivity contribution >= 4 is 58.6 Å². The molecule has 0 saturated carbocycles. The van der Waals surface area contributed by atoms with Crippen molar-refractivity contribution < 1.29 is 38.9 Å². The number of fused-ring (bicyclic) bond motifs is 7. The van der Waals surface area contributed by atoms with Crippen LogP contribution >= 0.6 is 24.0 Å². The number of benzene rings is 3. The van der Waals surface area contributed by atoms with Crippen LogP contribution in [0.15, 0.2) is 54.6 Å².